The molecular formula is C55H97NO13Si2. The second-order valence-electron chi connectivity index (χ2n) is 25.0. The Kier molecular flexibility index (Phi) is 21.8. The van der Waals surface area contributed by atoms with Gasteiger partial charge in [-0.3, -0.25) is 14.4 Å². The minimum atomic E-state index is -2.60. The quantitative estimate of drug-likeness (QED) is 0.0867. The number of rotatable bonds is 11. The van der Waals surface area contributed by atoms with Gasteiger partial charge in [0.25, 0.3) is 11.7 Å². The number of aliphatic hydroxyl groups excluding tert-OH is 1. The Morgan fingerprint density at radius 1 is 0.789 bits per heavy atom. The van der Waals surface area contributed by atoms with Gasteiger partial charge in [-0.15, -0.1) is 0 Å². The van der Waals surface area contributed by atoms with Crippen LogP contribution >= 0.6 is 0 Å². The number of nitrogens with zero attached hydrogens (tertiary/aromatic N) is 1. The van der Waals surface area contributed by atoms with E-state index in [0.717, 1.165) is 18.4 Å². The number of ketones is 2. The summed E-state index contributed by atoms with van der Waals surface area (Å²) in [5.41, 5.74) is 1.30. The maximum Gasteiger partial charge on any atom is 0.329 e. The first-order valence-corrected chi connectivity index (χ1v) is 32.6. The maximum absolute atomic E-state index is 15.0. The van der Waals surface area contributed by atoms with Gasteiger partial charge in [-0.05, 0) is 136 Å². The summed E-state index contributed by atoms with van der Waals surface area (Å²) in [5.74, 6) is -6.89. The van der Waals surface area contributed by atoms with Crippen LogP contribution in [0.4, 0.5) is 0 Å². The first-order valence-electron chi connectivity index (χ1n) is 26.8. The topological polar surface area (TPSA) is 177 Å². The molecule has 71 heavy (non-hydrogen) atoms. The number of Topliss-reactive ketones (excluding diaryl/α,β-unsaturated/α-hetero) is 2. The van der Waals surface area contributed by atoms with Crippen LogP contribution < -0.4 is 0 Å². The standard InChI is InChI=1S/C55H97NO13Si2/c1-34-27-35(2)29-46(64-13)49-47(65-14)31-37(4)55(62,67-49)50(59)51(60)56-25-20-19-21-41(56)52(61)66-48(36(3)30-39-22-23-43(45(32-39)63-12)68-70(15,16)53(6,7)8)38(5)44(69-71(17,18)54(9,10)11)33-42(58)40(28-34)24-26-57/h28,30,34-35,37-39,41,43-49,57,62H,19-27,29,31-33H2,1-18H3/t34?,35-,37+,38+,39?,41?,43+,44-,45+,46-,47-,48+,49+,55+/m0/s1. The number of cyclic esters (lactones) is 1. The molecule has 2 N–H and O–H groups in total. The summed E-state index contributed by atoms with van der Waals surface area (Å²) in [4.78, 5) is 60.3. The highest BCUT2D eigenvalue weighted by atomic mass is 28.4. The fourth-order valence-corrected chi connectivity index (χ4v) is 13.6. The molecule has 3 unspecified atom stereocenters. The second-order valence-corrected chi connectivity index (χ2v) is 34.5. The van der Waals surface area contributed by atoms with E-state index in [1.807, 2.05) is 26.8 Å². The van der Waals surface area contributed by atoms with Crippen molar-refractivity contribution >= 4 is 40.1 Å². The fourth-order valence-electron chi connectivity index (χ4n) is 10.8. The van der Waals surface area contributed by atoms with Crippen molar-refractivity contribution in [3.05, 3.63) is 23.3 Å². The molecule has 3 aliphatic heterocycles. The summed E-state index contributed by atoms with van der Waals surface area (Å²) in [6.07, 6.45) is 5.44. The number of carbonyl (C=O) groups is 4. The minimum Gasteiger partial charge on any atom is -0.456 e. The van der Waals surface area contributed by atoms with Crippen LogP contribution in [0.25, 0.3) is 0 Å². The van der Waals surface area contributed by atoms with Crippen molar-refractivity contribution in [2.45, 2.75) is 238 Å². The molecule has 4 rings (SSSR count). The monoisotopic (exact) mass is 1040 g/mol. The van der Waals surface area contributed by atoms with E-state index < -0.39 is 88.5 Å². The summed E-state index contributed by atoms with van der Waals surface area (Å²) < 4.78 is 45.3. The van der Waals surface area contributed by atoms with Gasteiger partial charge < -0.3 is 47.6 Å². The molecule has 2 saturated heterocycles. The maximum atomic E-state index is 15.0. The van der Waals surface area contributed by atoms with Gasteiger partial charge in [0.2, 0.25) is 5.79 Å². The van der Waals surface area contributed by atoms with Gasteiger partial charge in [-0.25, -0.2) is 4.79 Å². The molecule has 16 heteroatoms. The summed E-state index contributed by atoms with van der Waals surface area (Å²) >= 11 is 0. The van der Waals surface area contributed by atoms with Gasteiger partial charge in [0.1, 0.15) is 18.2 Å². The lowest BCUT2D eigenvalue weighted by Crippen LogP contribution is -2.64. The molecule has 4 aliphatic rings. The van der Waals surface area contributed by atoms with Crippen LogP contribution in [0, 0.1) is 29.6 Å². The Hall–Kier alpha value is -2.13. The molecule has 0 radical (unpaired) electrons. The lowest BCUT2D eigenvalue weighted by atomic mass is 9.81. The predicted octanol–water partition coefficient (Wildman–Crippen LogP) is 9.50. The van der Waals surface area contributed by atoms with Crippen LogP contribution in [0.2, 0.25) is 36.3 Å². The van der Waals surface area contributed by atoms with Crippen LogP contribution in [0.15, 0.2) is 23.3 Å². The number of hydrogen-bond donors (Lipinski definition) is 2. The number of esters is 1. The Balaban J connectivity index is 1.89. The van der Waals surface area contributed by atoms with E-state index in [1.54, 1.807) is 28.3 Å². The third-order valence-electron chi connectivity index (χ3n) is 17.3. The van der Waals surface area contributed by atoms with Crippen molar-refractivity contribution < 1.29 is 61.9 Å². The molecule has 0 aromatic heterocycles. The first kappa shape index (κ1) is 61.4. The van der Waals surface area contributed by atoms with Crippen LogP contribution in [0.5, 0.6) is 0 Å². The molecule has 408 valence electrons. The highest BCUT2D eigenvalue weighted by molar-refractivity contribution is 6.74. The normalized spacial score (nSPS) is 35.6. The van der Waals surface area contributed by atoms with E-state index in [0.29, 0.717) is 37.7 Å². The Morgan fingerprint density at radius 2 is 1.37 bits per heavy atom. The van der Waals surface area contributed by atoms with Gasteiger partial charge in [-0.2, -0.15) is 0 Å². The van der Waals surface area contributed by atoms with Gasteiger partial charge in [-0.1, -0.05) is 81.4 Å². The summed E-state index contributed by atoms with van der Waals surface area (Å²) in [7, 11) is 0.130. The number of fused-ring (bicyclic) bond motifs is 3. The number of piperidine rings is 1. The molecule has 14 atom stereocenters. The second kappa shape index (κ2) is 25.1. The van der Waals surface area contributed by atoms with Crippen molar-refractivity contribution in [3.8, 4) is 0 Å². The fraction of sp³-hybridized carbons (Fsp3) is 0.855. The van der Waals surface area contributed by atoms with Crippen LogP contribution in [-0.4, -0.2) is 144 Å². The van der Waals surface area contributed by atoms with E-state index in [4.69, 9.17) is 32.5 Å². The van der Waals surface area contributed by atoms with Crippen molar-refractivity contribution in [1.82, 2.24) is 4.90 Å². The molecule has 2 bridgehead atoms. The molecule has 3 fully saturated rings. The minimum absolute atomic E-state index is 0.00670. The Labute approximate surface area is 430 Å². The molecule has 1 amide bonds. The summed E-state index contributed by atoms with van der Waals surface area (Å²) in [5, 5.41) is 22.4. The van der Waals surface area contributed by atoms with Crippen LogP contribution in [-0.2, 0) is 51.7 Å². The molecular weight excluding hydrogens is 939 g/mol. The van der Waals surface area contributed by atoms with E-state index >= 15 is 4.79 Å². The molecule has 3 heterocycles. The van der Waals surface area contributed by atoms with Crippen molar-refractivity contribution in [3.63, 3.8) is 0 Å². The Bertz CT molecular complexity index is 1870. The molecule has 0 spiro atoms. The number of hydrogen-bond acceptors (Lipinski definition) is 13. The SMILES string of the molecule is CO[C@H]1C[C@@H](C)CC(C)C=C(CCO)C(=O)C[C@H](O[Si](C)(C)C(C)(C)C)[C@@H](C)[C@@H](C(C)=CC2CC[C@@H](O[Si](C)(C)C(C)(C)C)[C@H](OC)C2)OC(=O)C2CCCCN2C(=O)C(=O)[C@]2(O)O[C@H]1[C@@H](OC)C[C@H]2C. The average Bonchev–Trinajstić information content (AvgIpc) is 3.28. The van der Waals surface area contributed by atoms with Crippen LogP contribution in [0.1, 0.15) is 147 Å². The largest absolute Gasteiger partial charge is 0.456 e. The zero-order valence-corrected chi connectivity index (χ0v) is 49.2. The highest BCUT2D eigenvalue weighted by Gasteiger charge is 2.57. The lowest BCUT2D eigenvalue weighted by Gasteiger charge is -2.47. The van der Waals surface area contributed by atoms with Gasteiger partial charge in [0, 0.05) is 52.7 Å². The number of aliphatic hydroxyl groups is 2. The van der Waals surface area contributed by atoms with Gasteiger partial charge in [0.05, 0.1) is 30.5 Å². The first-order chi connectivity index (χ1) is 32.9. The van der Waals surface area contributed by atoms with E-state index in [2.05, 4.69) is 80.7 Å². The number of allylic oxidation sites excluding steroid dienone is 2. The summed E-state index contributed by atoms with van der Waals surface area (Å²) in [6, 6.07) is -1.13. The number of carbonyl (C=O) groups excluding carboxylic acids is 4. The highest BCUT2D eigenvalue weighted by Crippen LogP contribution is 2.44. The smallest absolute Gasteiger partial charge is 0.329 e. The third-order valence-corrected chi connectivity index (χ3v) is 26.3. The van der Waals surface area contributed by atoms with Crippen molar-refractivity contribution in [1.29, 1.82) is 0 Å². The predicted molar refractivity (Wildman–Crippen MR) is 282 cm³/mol. The zero-order chi connectivity index (χ0) is 53.6. The van der Waals surface area contributed by atoms with Gasteiger partial charge >= 0.3 is 5.97 Å². The number of amides is 1. The molecule has 1 saturated carbocycles. The van der Waals surface area contributed by atoms with E-state index in [-0.39, 0.29) is 84.7 Å². The van der Waals surface area contributed by atoms with Gasteiger partial charge in [0.15, 0.2) is 22.4 Å². The summed E-state index contributed by atoms with van der Waals surface area (Å²) in [6.45, 7) is 31.6. The molecule has 14 nitrogen and oxygen atoms in total. The number of ether oxygens (including phenoxy) is 5. The molecule has 0 aromatic rings. The van der Waals surface area contributed by atoms with Crippen molar-refractivity contribution in [2.24, 2.45) is 29.6 Å². The van der Waals surface area contributed by atoms with E-state index in [9.17, 15) is 24.6 Å². The Morgan fingerprint density at radius 3 is 1.93 bits per heavy atom. The third kappa shape index (κ3) is 15.1. The lowest BCUT2D eigenvalue weighted by molar-refractivity contribution is -0.302. The van der Waals surface area contributed by atoms with Crippen LogP contribution in [0.3, 0.4) is 0 Å². The number of methoxy groups -OCH3 is 3. The van der Waals surface area contributed by atoms with E-state index in [1.165, 1.54) is 4.90 Å². The average molecular weight is 1040 g/mol. The zero-order valence-electron chi connectivity index (χ0n) is 47.2. The van der Waals surface area contributed by atoms with Crippen molar-refractivity contribution in [2.75, 3.05) is 34.5 Å². The molecule has 1 aliphatic carbocycles. The molecule has 0 aromatic carbocycles.